The monoisotopic (exact) mass is 600 g/mol. The van der Waals surface area contributed by atoms with Gasteiger partial charge in [0.15, 0.2) is 0 Å². The normalized spacial score (nSPS) is 10.4. The third kappa shape index (κ3) is 18.6. The van der Waals surface area contributed by atoms with Crippen molar-refractivity contribution in [1.82, 2.24) is 0 Å². The fourth-order valence-corrected chi connectivity index (χ4v) is 2.57. The molecule has 0 aliphatic heterocycles. The van der Waals surface area contributed by atoms with Gasteiger partial charge in [0, 0.05) is 32.0 Å². The van der Waals surface area contributed by atoms with Crippen molar-refractivity contribution in [3.05, 3.63) is 64.7 Å². The Bertz CT molecular complexity index is 1180. The van der Waals surface area contributed by atoms with Crippen molar-refractivity contribution in [2.45, 2.75) is 18.7 Å². The van der Waals surface area contributed by atoms with Crippen LogP contribution in [0.25, 0.3) is 0 Å². The number of aromatic carboxylic acids is 1. The molecule has 192 valence electrons. The molecule has 0 aliphatic carbocycles. The Kier molecular flexibility index (Phi) is 16.2. The summed E-state index contributed by atoms with van der Waals surface area (Å²) < 4.78 is 69.1. The Morgan fingerprint density at radius 3 is 1.62 bits per heavy atom. The summed E-state index contributed by atoms with van der Waals surface area (Å²) in [5.74, 6) is -1.53. The maximum absolute atomic E-state index is 10.9. The lowest BCUT2D eigenvalue weighted by Gasteiger charge is -2.02. The zero-order valence-electron chi connectivity index (χ0n) is 17.5. The van der Waals surface area contributed by atoms with Crippen molar-refractivity contribution in [3.63, 3.8) is 0 Å². The summed E-state index contributed by atoms with van der Waals surface area (Å²) in [5, 5.41) is 8.59. The number of hydrogen-bond acceptors (Lipinski definition) is 8. The van der Waals surface area contributed by atoms with Crippen molar-refractivity contribution in [2.24, 2.45) is 0 Å². The van der Waals surface area contributed by atoms with Crippen molar-refractivity contribution in [1.29, 1.82) is 0 Å². The first-order valence-corrected chi connectivity index (χ1v) is 14.7. The van der Waals surface area contributed by atoms with E-state index in [9.17, 15) is 18.0 Å². The summed E-state index contributed by atoms with van der Waals surface area (Å²) in [6.45, 7) is 3.44. The van der Waals surface area contributed by atoms with Crippen LogP contribution >= 0.6 is 32.0 Å². The molecule has 34 heavy (non-hydrogen) atoms. The Balaban J connectivity index is 0. The van der Waals surface area contributed by atoms with Crippen LogP contribution in [0.15, 0.2) is 47.4 Å². The third-order valence-corrected chi connectivity index (χ3v) is 4.18. The van der Waals surface area contributed by atoms with E-state index in [0.717, 1.165) is 11.6 Å². The van der Waals surface area contributed by atoms with Crippen LogP contribution in [0.4, 0.5) is 0 Å². The van der Waals surface area contributed by atoms with Crippen molar-refractivity contribution < 1.29 is 49.6 Å². The molecule has 0 saturated carbocycles. The SMILES string of the molecule is COC(=O)c1ccc(C)cc1.Cc1ccc(C(=O)O)cc1S(=O)(=O)O.O=S(=O)(O)Cl.O=S(Cl)Cl. The highest BCUT2D eigenvalue weighted by atomic mass is 36.0. The molecule has 17 heteroatoms. The number of carbonyl (C=O) groups excluding carboxylic acids is 1. The first-order valence-electron chi connectivity index (χ1n) is 8.17. The number of rotatable bonds is 3. The standard InChI is InChI=1S/C9H10O2.C8H8O5S.Cl2OS.ClHO3S/c1-7-3-5-8(6-4-7)9(10)11-2;1-5-2-3-6(8(9)10)4-7(5)14(11,12)13;1-4(2)3;1-5(2,3)4/h3-6H,1-2H3;2-4H,1H3,(H,9,10)(H,11,12,13);;(H,2,3,4). The Hall–Kier alpha value is -1.78. The van der Waals surface area contributed by atoms with E-state index in [0.29, 0.717) is 11.1 Å². The van der Waals surface area contributed by atoms with Crippen LogP contribution in [0.2, 0.25) is 0 Å². The average molecular weight is 602 g/mol. The Labute approximate surface area is 212 Å². The topological polar surface area (TPSA) is 189 Å². The van der Waals surface area contributed by atoms with Crippen LogP contribution < -0.4 is 0 Å². The maximum atomic E-state index is 10.9. The molecule has 0 amide bonds. The van der Waals surface area contributed by atoms with E-state index in [-0.39, 0.29) is 16.4 Å². The van der Waals surface area contributed by atoms with Crippen molar-refractivity contribution >= 4 is 72.7 Å². The predicted molar refractivity (Wildman–Crippen MR) is 128 cm³/mol. The molecule has 0 fully saturated rings. The number of aryl methyl sites for hydroxylation is 2. The highest BCUT2D eigenvalue weighted by molar-refractivity contribution is 8.26. The molecule has 0 unspecified atom stereocenters. The lowest BCUT2D eigenvalue weighted by Crippen LogP contribution is -2.04. The van der Waals surface area contributed by atoms with E-state index in [1.165, 1.54) is 26.2 Å². The van der Waals surface area contributed by atoms with Gasteiger partial charge in [-0.1, -0.05) is 23.8 Å². The second-order valence-electron chi connectivity index (χ2n) is 5.71. The molecule has 0 spiro atoms. The number of ether oxygens (including phenoxy) is 1. The quantitative estimate of drug-likeness (QED) is 0.263. The molecule has 2 aromatic carbocycles. The maximum Gasteiger partial charge on any atom is 0.353 e. The molecule has 0 aliphatic rings. The Morgan fingerprint density at radius 2 is 1.29 bits per heavy atom. The van der Waals surface area contributed by atoms with Crippen LogP contribution in [0.5, 0.6) is 0 Å². The fourth-order valence-electron chi connectivity index (χ4n) is 1.82. The van der Waals surface area contributed by atoms with Gasteiger partial charge in [-0.15, -0.1) is 0 Å². The molecule has 0 atom stereocenters. The number of esters is 1. The first-order chi connectivity index (χ1) is 15.3. The van der Waals surface area contributed by atoms with Gasteiger partial charge in [0.1, 0.15) is 0 Å². The molecule has 0 bridgehead atoms. The summed E-state index contributed by atoms with van der Waals surface area (Å²) in [4.78, 5) is 21.0. The summed E-state index contributed by atoms with van der Waals surface area (Å²) in [5.41, 5.74) is 1.86. The van der Waals surface area contributed by atoms with Crippen LogP contribution in [0.1, 0.15) is 31.8 Å². The Morgan fingerprint density at radius 1 is 0.912 bits per heavy atom. The molecule has 0 aromatic heterocycles. The van der Waals surface area contributed by atoms with Gasteiger partial charge < -0.3 is 9.84 Å². The number of hydrogen-bond donors (Lipinski definition) is 3. The van der Waals surface area contributed by atoms with E-state index in [2.05, 4.69) is 36.8 Å². The minimum absolute atomic E-state index is 0.178. The van der Waals surface area contributed by atoms with Gasteiger partial charge >= 0.3 is 21.3 Å². The second-order valence-corrected chi connectivity index (χ2v) is 11.6. The van der Waals surface area contributed by atoms with Crippen LogP contribution in [0, 0.1) is 13.8 Å². The third-order valence-electron chi connectivity index (χ3n) is 3.19. The highest BCUT2D eigenvalue weighted by Gasteiger charge is 2.15. The number of carbonyl (C=O) groups is 2. The van der Waals surface area contributed by atoms with Crippen LogP contribution in [0.3, 0.4) is 0 Å². The van der Waals surface area contributed by atoms with Gasteiger partial charge in [-0.2, -0.15) is 16.8 Å². The molecule has 0 radical (unpaired) electrons. The number of carboxylic acid groups (broad SMARTS) is 1. The van der Waals surface area contributed by atoms with E-state index < -0.39 is 34.6 Å². The summed E-state index contributed by atoms with van der Waals surface area (Å²) in [6.07, 6.45) is 0. The number of methoxy groups -OCH3 is 1. The van der Waals surface area contributed by atoms with Gasteiger partial charge in [-0.3, -0.25) is 9.11 Å². The number of carboxylic acids is 1. The largest absolute Gasteiger partial charge is 0.478 e. The van der Waals surface area contributed by atoms with Gasteiger partial charge in [0.2, 0.25) is 9.23 Å². The zero-order chi connectivity index (χ0) is 27.3. The predicted octanol–water partition coefficient (Wildman–Crippen LogP) is 3.79. The van der Waals surface area contributed by atoms with E-state index in [4.69, 9.17) is 26.8 Å². The molecule has 0 heterocycles. The zero-order valence-corrected chi connectivity index (χ0v) is 22.2. The summed E-state index contributed by atoms with van der Waals surface area (Å²) in [7, 11) is 4.25. The smallest absolute Gasteiger partial charge is 0.353 e. The van der Waals surface area contributed by atoms with Crippen LogP contribution in [-0.4, -0.2) is 54.3 Å². The van der Waals surface area contributed by atoms with Crippen LogP contribution in [-0.2, 0) is 33.4 Å². The molecule has 0 saturated heterocycles. The minimum Gasteiger partial charge on any atom is -0.478 e. The van der Waals surface area contributed by atoms with Gasteiger partial charge in [0.05, 0.1) is 23.1 Å². The lowest BCUT2D eigenvalue weighted by molar-refractivity contribution is 0.0599. The molecule has 2 rings (SSSR count). The summed E-state index contributed by atoms with van der Waals surface area (Å²) >= 11 is 0. The molecule has 2 aromatic rings. The number of halogens is 3. The van der Waals surface area contributed by atoms with Crippen molar-refractivity contribution in [3.8, 4) is 0 Å². The molecular formula is C17H19Cl3O11S3. The van der Waals surface area contributed by atoms with Gasteiger partial charge in [-0.05, 0) is 43.7 Å². The van der Waals surface area contributed by atoms with E-state index in [1.54, 1.807) is 12.1 Å². The molecule has 11 nitrogen and oxygen atoms in total. The summed E-state index contributed by atoms with van der Waals surface area (Å²) in [6, 6.07) is 10.8. The molecular weight excluding hydrogens is 583 g/mol. The number of benzene rings is 2. The van der Waals surface area contributed by atoms with E-state index >= 15 is 0 Å². The second kappa shape index (κ2) is 16.0. The average Bonchev–Trinajstić information content (AvgIpc) is 2.66. The highest BCUT2D eigenvalue weighted by Crippen LogP contribution is 2.16. The lowest BCUT2D eigenvalue weighted by atomic mass is 10.1. The fraction of sp³-hybridized carbons (Fsp3) is 0.176. The van der Waals surface area contributed by atoms with Gasteiger partial charge in [-0.25, -0.2) is 13.8 Å². The van der Waals surface area contributed by atoms with Gasteiger partial charge in [0.25, 0.3) is 10.1 Å². The first kappa shape index (κ1) is 34.4. The van der Waals surface area contributed by atoms with Crippen molar-refractivity contribution in [2.75, 3.05) is 7.11 Å². The molecule has 3 N–H and O–H groups in total. The minimum atomic E-state index is -4.35. The van der Waals surface area contributed by atoms with E-state index in [1.807, 2.05) is 19.1 Å².